The van der Waals surface area contributed by atoms with Crippen LogP contribution in [0.2, 0.25) is 0 Å². The molecule has 0 aliphatic heterocycles. The summed E-state index contributed by atoms with van der Waals surface area (Å²) in [5.41, 5.74) is 0.936. The largest absolute Gasteiger partial charge is 0.420 e. The van der Waals surface area contributed by atoms with Crippen LogP contribution in [-0.2, 0) is 0 Å². The van der Waals surface area contributed by atoms with Gasteiger partial charge in [0, 0.05) is 18.5 Å². The zero-order chi connectivity index (χ0) is 13.2. The summed E-state index contributed by atoms with van der Waals surface area (Å²) in [6.07, 6.45) is 5.54. The molecule has 0 bridgehead atoms. The predicted molar refractivity (Wildman–Crippen MR) is 64.3 cm³/mol. The van der Waals surface area contributed by atoms with E-state index in [4.69, 9.17) is 4.74 Å². The van der Waals surface area contributed by atoms with E-state index in [0.29, 0.717) is 11.3 Å². The number of hydrogen-bond donors (Lipinski definition) is 0. The van der Waals surface area contributed by atoms with E-state index in [2.05, 4.69) is 9.97 Å². The summed E-state index contributed by atoms with van der Waals surface area (Å²) in [5, 5.41) is 0. The van der Waals surface area contributed by atoms with E-state index >= 15 is 0 Å². The molecule has 5 nitrogen and oxygen atoms in total. The first kappa shape index (κ1) is 11.3. The van der Waals surface area contributed by atoms with Crippen molar-refractivity contribution >= 4 is 11.6 Å². The number of halogens is 1. The Bertz CT molecular complexity index is 754. The van der Waals surface area contributed by atoms with Crippen LogP contribution in [0.4, 0.5) is 4.39 Å². The lowest BCUT2D eigenvalue weighted by molar-refractivity contribution is 0.0726. The first-order chi connectivity index (χ1) is 9.24. The second-order valence-corrected chi connectivity index (χ2v) is 3.79. The van der Waals surface area contributed by atoms with Gasteiger partial charge < -0.3 is 4.74 Å². The number of pyridine rings is 2. The minimum atomic E-state index is -0.601. The Morgan fingerprint density at radius 2 is 2.21 bits per heavy atom. The second-order valence-electron chi connectivity index (χ2n) is 3.79. The molecule has 3 aromatic rings. The van der Waals surface area contributed by atoms with Gasteiger partial charge in [-0.2, -0.15) is 0 Å². The Morgan fingerprint density at radius 1 is 1.32 bits per heavy atom. The summed E-state index contributed by atoms with van der Waals surface area (Å²) in [7, 11) is 0. The van der Waals surface area contributed by atoms with E-state index in [1.54, 1.807) is 35.0 Å². The van der Waals surface area contributed by atoms with Gasteiger partial charge in [-0.25, -0.2) is 14.2 Å². The fraction of sp³-hybridized carbons (Fsp3) is 0. The minimum Gasteiger partial charge on any atom is -0.420 e. The van der Waals surface area contributed by atoms with Gasteiger partial charge in [0.2, 0.25) is 0 Å². The molecular weight excluding hydrogens is 249 g/mol. The highest BCUT2D eigenvalue weighted by molar-refractivity contribution is 5.90. The van der Waals surface area contributed by atoms with Crippen LogP contribution in [0.1, 0.15) is 10.5 Å². The number of fused-ring (bicyclic) bond motifs is 1. The molecule has 6 heteroatoms. The van der Waals surface area contributed by atoms with Gasteiger partial charge in [0.25, 0.3) is 0 Å². The maximum absolute atomic E-state index is 13.0. The van der Waals surface area contributed by atoms with Gasteiger partial charge in [-0.15, -0.1) is 0 Å². The number of carbonyl (C=O) groups is 1. The third-order valence-corrected chi connectivity index (χ3v) is 2.53. The number of aromatic nitrogens is 3. The van der Waals surface area contributed by atoms with E-state index in [-0.39, 0.29) is 5.75 Å². The minimum absolute atomic E-state index is 0.0575. The number of esters is 1. The number of nitrogens with zero attached hydrogens (tertiary/aromatic N) is 3. The normalized spacial score (nSPS) is 10.6. The van der Waals surface area contributed by atoms with Crippen molar-refractivity contribution < 1.29 is 13.9 Å². The molecule has 3 rings (SSSR count). The maximum Gasteiger partial charge on any atom is 0.360 e. The highest BCUT2D eigenvalue weighted by atomic mass is 19.1. The molecule has 0 saturated heterocycles. The molecular formula is C13H8FN3O2. The fourth-order valence-corrected chi connectivity index (χ4v) is 1.72. The molecule has 19 heavy (non-hydrogen) atoms. The average Bonchev–Trinajstić information content (AvgIpc) is 2.86. The van der Waals surface area contributed by atoms with Crippen molar-refractivity contribution in [2.45, 2.75) is 0 Å². The Labute approximate surface area is 107 Å². The van der Waals surface area contributed by atoms with Crippen molar-refractivity contribution in [3.8, 4) is 5.75 Å². The standard InChI is InChI=1S/C13H8FN3O2/c14-9-6-10(8-15-7-9)19-13(18)11-2-1-3-12-16-4-5-17(11)12/h1-8H. The summed E-state index contributed by atoms with van der Waals surface area (Å²) in [6.45, 7) is 0. The molecule has 0 aliphatic carbocycles. The predicted octanol–water partition coefficient (Wildman–Crippen LogP) is 2.09. The third kappa shape index (κ3) is 2.15. The molecule has 3 heterocycles. The third-order valence-electron chi connectivity index (χ3n) is 2.53. The number of rotatable bonds is 2. The van der Waals surface area contributed by atoms with Crippen LogP contribution < -0.4 is 4.74 Å². The molecule has 0 aliphatic rings. The summed E-state index contributed by atoms with van der Waals surface area (Å²) in [5.74, 6) is -1.11. The van der Waals surface area contributed by atoms with Crippen molar-refractivity contribution in [1.29, 1.82) is 0 Å². The highest BCUT2D eigenvalue weighted by Gasteiger charge is 2.13. The van der Waals surface area contributed by atoms with Crippen LogP contribution in [0.5, 0.6) is 5.75 Å². The van der Waals surface area contributed by atoms with Gasteiger partial charge in [-0.05, 0) is 12.1 Å². The van der Waals surface area contributed by atoms with Crippen molar-refractivity contribution in [2.24, 2.45) is 0 Å². The van der Waals surface area contributed by atoms with E-state index in [0.717, 1.165) is 12.3 Å². The Balaban J connectivity index is 1.94. The van der Waals surface area contributed by atoms with Gasteiger partial charge in [0.1, 0.15) is 17.2 Å². The molecule has 0 amide bonds. The molecule has 0 atom stereocenters. The van der Waals surface area contributed by atoms with E-state index in [1.807, 2.05) is 0 Å². The first-order valence-electron chi connectivity index (χ1n) is 5.49. The van der Waals surface area contributed by atoms with Crippen LogP contribution in [-0.4, -0.2) is 20.3 Å². The van der Waals surface area contributed by atoms with Gasteiger partial charge >= 0.3 is 5.97 Å². The molecule has 0 aromatic carbocycles. The molecule has 94 valence electrons. The van der Waals surface area contributed by atoms with Crippen LogP contribution in [0, 0.1) is 5.82 Å². The number of ether oxygens (including phenoxy) is 1. The lowest BCUT2D eigenvalue weighted by atomic mass is 10.3. The lowest BCUT2D eigenvalue weighted by Crippen LogP contribution is -2.13. The van der Waals surface area contributed by atoms with Gasteiger partial charge in [0.15, 0.2) is 5.75 Å². The number of imidazole rings is 1. The maximum atomic E-state index is 13.0. The number of carbonyl (C=O) groups excluding carboxylic acids is 1. The average molecular weight is 257 g/mol. The summed E-state index contributed by atoms with van der Waals surface area (Å²) >= 11 is 0. The van der Waals surface area contributed by atoms with Gasteiger partial charge in [-0.3, -0.25) is 9.38 Å². The molecule has 0 radical (unpaired) electrons. The van der Waals surface area contributed by atoms with E-state index < -0.39 is 11.8 Å². The second kappa shape index (κ2) is 4.49. The monoisotopic (exact) mass is 257 g/mol. The van der Waals surface area contributed by atoms with E-state index in [1.165, 1.54) is 6.20 Å². The smallest absolute Gasteiger partial charge is 0.360 e. The topological polar surface area (TPSA) is 56.5 Å². The zero-order valence-corrected chi connectivity index (χ0v) is 9.65. The Kier molecular flexibility index (Phi) is 2.68. The summed E-state index contributed by atoms with van der Waals surface area (Å²) in [6, 6.07) is 6.16. The van der Waals surface area contributed by atoms with Crippen LogP contribution in [0.25, 0.3) is 5.65 Å². The lowest BCUT2D eigenvalue weighted by Gasteiger charge is -2.05. The molecule has 3 aromatic heterocycles. The molecule has 0 spiro atoms. The van der Waals surface area contributed by atoms with Crippen molar-refractivity contribution in [2.75, 3.05) is 0 Å². The summed E-state index contributed by atoms with van der Waals surface area (Å²) < 4.78 is 19.6. The van der Waals surface area contributed by atoms with Crippen molar-refractivity contribution in [3.63, 3.8) is 0 Å². The van der Waals surface area contributed by atoms with E-state index in [9.17, 15) is 9.18 Å². The van der Waals surface area contributed by atoms with Crippen LogP contribution in [0.3, 0.4) is 0 Å². The quantitative estimate of drug-likeness (QED) is 0.659. The van der Waals surface area contributed by atoms with Crippen LogP contribution >= 0.6 is 0 Å². The zero-order valence-electron chi connectivity index (χ0n) is 9.65. The van der Waals surface area contributed by atoms with Gasteiger partial charge in [0.05, 0.1) is 12.4 Å². The summed E-state index contributed by atoms with van der Waals surface area (Å²) in [4.78, 5) is 19.7. The molecule has 0 N–H and O–H groups in total. The number of hydrogen-bond acceptors (Lipinski definition) is 4. The fourth-order valence-electron chi connectivity index (χ4n) is 1.72. The Hall–Kier alpha value is -2.76. The first-order valence-corrected chi connectivity index (χ1v) is 5.49. The van der Waals surface area contributed by atoms with Crippen molar-refractivity contribution in [3.05, 3.63) is 60.6 Å². The van der Waals surface area contributed by atoms with Gasteiger partial charge in [-0.1, -0.05) is 6.07 Å². The highest BCUT2D eigenvalue weighted by Crippen LogP contribution is 2.13. The van der Waals surface area contributed by atoms with Crippen molar-refractivity contribution in [1.82, 2.24) is 14.4 Å². The SMILES string of the molecule is O=C(Oc1cncc(F)c1)c1cccc2nccn12. The van der Waals surface area contributed by atoms with Crippen LogP contribution in [0.15, 0.2) is 49.1 Å². The molecule has 0 saturated carbocycles. The Morgan fingerprint density at radius 3 is 3.05 bits per heavy atom. The molecule has 0 fully saturated rings. The molecule has 0 unspecified atom stereocenters.